The van der Waals surface area contributed by atoms with Gasteiger partial charge in [-0.05, 0) is 46.5 Å². The van der Waals surface area contributed by atoms with Gasteiger partial charge in [0.2, 0.25) is 0 Å². The lowest BCUT2D eigenvalue weighted by Crippen LogP contribution is -2.33. The van der Waals surface area contributed by atoms with Crippen molar-refractivity contribution in [3.05, 3.63) is 33.3 Å². The van der Waals surface area contributed by atoms with Crippen LogP contribution in [0.4, 0.5) is 0 Å². The molecule has 1 aromatic rings. The van der Waals surface area contributed by atoms with E-state index in [1.165, 1.54) is 5.56 Å². The lowest BCUT2D eigenvalue weighted by atomic mass is 10.0. The molecule has 2 atom stereocenters. The van der Waals surface area contributed by atoms with Gasteiger partial charge in [0.1, 0.15) is 0 Å². The van der Waals surface area contributed by atoms with Crippen molar-refractivity contribution in [2.24, 2.45) is 5.92 Å². The van der Waals surface area contributed by atoms with Crippen LogP contribution in [0.2, 0.25) is 5.02 Å². The number of hydrogen-bond donors (Lipinski definition) is 2. The average molecular weight is 307 g/mol. The summed E-state index contributed by atoms with van der Waals surface area (Å²) in [5, 5.41) is 13.1. The molecule has 4 heteroatoms. The fourth-order valence-corrected chi connectivity index (χ4v) is 1.83. The van der Waals surface area contributed by atoms with Crippen LogP contribution in [-0.2, 0) is 6.54 Å². The van der Waals surface area contributed by atoms with Crippen molar-refractivity contribution in [3.63, 3.8) is 0 Å². The Morgan fingerprint density at radius 1 is 1.44 bits per heavy atom. The summed E-state index contributed by atoms with van der Waals surface area (Å²) in [6.45, 7) is 5.08. The Balaban J connectivity index is 2.51. The second-order valence-electron chi connectivity index (χ2n) is 4.08. The fraction of sp³-hybridized carbons (Fsp3) is 0.500. The summed E-state index contributed by atoms with van der Waals surface area (Å²) in [5.74, 6) is 0.260. The first-order valence-electron chi connectivity index (χ1n) is 5.32. The predicted octanol–water partition coefficient (Wildman–Crippen LogP) is 3.21. The second-order valence-corrected chi connectivity index (χ2v) is 5.34. The lowest BCUT2D eigenvalue weighted by Gasteiger charge is -2.19. The minimum Gasteiger partial charge on any atom is -0.396 e. The summed E-state index contributed by atoms with van der Waals surface area (Å²) in [7, 11) is 0. The highest BCUT2D eigenvalue weighted by Crippen LogP contribution is 2.23. The Morgan fingerprint density at radius 2 is 2.12 bits per heavy atom. The third kappa shape index (κ3) is 4.06. The smallest absolute Gasteiger partial charge is 0.0548 e. The van der Waals surface area contributed by atoms with Crippen LogP contribution in [0.15, 0.2) is 22.7 Å². The molecular weight excluding hydrogens is 289 g/mol. The van der Waals surface area contributed by atoms with Crippen molar-refractivity contribution in [2.45, 2.75) is 26.4 Å². The first-order valence-corrected chi connectivity index (χ1v) is 6.50. The average Bonchev–Trinajstić information content (AvgIpc) is 2.29. The number of aliphatic hydroxyl groups excluding tert-OH is 1. The highest BCUT2D eigenvalue weighted by Gasteiger charge is 2.10. The van der Waals surface area contributed by atoms with Crippen LogP contribution in [-0.4, -0.2) is 17.8 Å². The molecule has 0 aromatic heterocycles. The van der Waals surface area contributed by atoms with Crippen molar-refractivity contribution >= 4 is 27.5 Å². The van der Waals surface area contributed by atoms with Crippen LogP contribution in [0.1, 0.15) is 19.4 Å². The molecule has 2 N–H and O–H groups in total. The summed E-state index contributed by atoms with van der Waals surface area (Å²) in [5.41, 5.74) is 1.17. The van der Waals surface area contributed by atoms with Gasteiger partial charge in [-0.25, -0.2) is 0 Å². The number of nitrogens with one attached hydrogen (secondary N) is 1. The van der Waals surface area contributed by atoms with E-state index in [4.69, 9.17) is 16.7 Å². The Hall–Kier alpha value is -0.0900. The molecule has 90 valence electrons. The maximum Gasteiger partial charge on any atom is 0.0548 e. The Labute approximate surface area is 110 Å². The number of halogens is 2. The summed E-state index contributed by atoms with van der Waals surface area (Å²) in [4.78, 5) is 0. The van der Waals surface area contributed by atoms with Crippen LogP contribution < -0.4 is 5.32 Å². The molecular formula is C12H17BrClNO. The highest BCUT2D eigenvalue weighted by atomic mass is 79.9. The van der Waals surface area contributed by atoms with Gasteiger partial charge in [-0.15, -0.1) is 0 Å². The van der Waals surface area contributed by atoms with Gasteiger partial charge in [0.05, 0.1) is 5.02 Å². The van der Waals surface area contributed by atoms with Crippen molar-refractivity contribution in [1.29, 1.82) is 0 Å². The molecule has 0 saturated carbocycles. The molecule has 0 heterocycles. The normalized spacial score (nSPS) is 14.8. The topological polar surface area (TPSA) is 32.3 Å². The minimum atomic E-state index is 0.207. The monoisotopic (exact) mass is 305 g/mol. The van der Waals surface area contributed by atoms with Gasteiger partial charge in [0, 0.05) is 23.7 Å². The highest BCUT2D eigenvalue weighted by molar-refractivity contribution is 9.10. The van der Waals surface area contributed by atoms with E-state index in [0.29, 0.717) is 6.04 Å². The molecule has 0 radical (unpaired) electrons. The van der Waals surface area contributed by atoms with Gasteiger partial charge >= 0.3 is 0 Å². The molecule has 0 fully saturated rings. The van der Waals surface area contributed by atoms with E-state index in [9.17, 15) is 0 Å². The molecule has 1 rings (SSSR count). The lowest BCUT2D eigenvalue weighted by molar-refractivity contribution is 0.207. The second kappa shape index (κ2) is 6.60. The largest absolute Gasteiger partial charge is 0.396 e. The Morgan fingerprint density at radius 3 is 2.69 bits per heavy atom. The standard InChI is InChI=1S/C12H17BrClNO/c1-8(7-16)9(2)15-6-10-3-4-12(14)11(13)5-10/h3-5,8-9,15-16H,6-7H2,1-2H3. The summed E-state index contributed by atoms with van der Waals surface area (Å²) < 4.78 is 0.913. The molecule has 2 unspecified atom stereocenters. The number of benzene rings is 1. The molecule has 1 aromatic carbocycles. The first kappa shape index (κ1) is 14.0. The molecule has 0 aliphatic carbocycles. The molecule has 0 spiro atoms. The van der Waals surface area contributed by atoms with E-state index in [2.05, 4.69) is 28.2 Å². The van der Waals surface area contributed by atoms with Crippen molar-refractivity contribution in [3.8, 4) is 0 Å². The molecule has 0 amide bonds. The molecule has 0 saturated heterocycles. The van der Waals surface area contributed by atoms with E-state index in [1.807, 2.05) is 25.1 Å². The zero-order chi connectivity index (χ0) is 12.1. The van der Waals surface area contributed by atoms with Crippen LogP contribution >= 0.6 is 27.5 Å². The third-order valence-electron chi connectivity index (χ3n) is 2.75. The van der Waals surface area contributed by atoms with Crippen molar-refractivity contribution in [2.75, 3.05) is 6.61 Å². The quantitative estimate of drug-likeness (QED) is 0.875. The molecule has 0 aliphatic heterocycles. The SMILES string of the molecule is CC(CO)C(C)NCc1ccc(Cl)c(Br)c1. The number of rotatable bonds is 5. The maximum absolute atomic E-state index is 9.02. The number of hydrogen-bond acceptors (Lipinski definition) is 2. The van der Waals surface area contributed by atoms with Crippen molar-refractivity contribution < 1.29 is 5.11 Å². The van der Waals surface area contributed by atoms with Gasteiger partial charge < -0.3 is 10.4 Å². The van der Waals surface area contributed by atoms with Gasteiger partial charge in [0.15, 0.2) is 0 Å². The molecule has 2 nitrogen and oxygen atoms in total. The fourth-order valence-electron chi connectivity index (χ4n) is 1.29. The van der Waals surface area contributed by atoms with E-state index in [0.717, 1.165) is 16.0 Å². The van der Waals surface area contributed by atoms with Crippen molar-refractivity contribution in [1.82, 2.24) is 5.32 Å². The van der Waals surface area contributed by atoms with Gasteiger partial charge in [0.25, 0.3) is 0 Å². The van der Waals surface area contributed by atoms with E-state index in [1.54, 1.807) is 0 Å². The molecule has 16 heavy (non-hydrogen) atoms. The summed E-state index contributed by atoms with van der Waals surface area (Å²) in [6.07, 6.45) is 0. The summed E-state index contributed by atoms with van der Waals surface area (Å²) in [6, 6.07) is 6.17. The van der Waals surface area contributed by atoms with E-state index in [-0.39, 0.29) is 12.5 Å². The van der Waals surface area contributed by atoms with Gasteiger partial charge in [-0.1, -0.05) is 24.6 Å². The van der Waals surface area contributed by atoms with E-state index < -0.39 is 0 Å². The predicted molar refractivity (Wildman–Crippen MR) is 71.7 cm³/mol. The molecule has 0 aliphatic rings. The first-order chi connectivity index (χ1) is 7.54. The molecule has 0 bridgehead atoms. The zero-order valence-electron chi connectivity index (χ0n) is 9.50. The minimum absolute atomic E-state index is 0.207. The van der Waals surface area contributed by atoms with Gasteiger partial charge in [-0.3, -0.25) is 0 Å². The van der Waals surface area contributed by atoms with E-state index >= 15 is 0 Å². The Kier molecular flexibility index (Phi) is 5.76. The van der Waals surface area contributed by atoms with Crippen LogP contribution in [0.25, 0.3) is 0 Å². The Bertz CT molecular complexity index is 346. The van der Waals surface area contributed by atoms with Crippen LogP contribution in [0.5, 0.6) is 0 Å². The van der Waals surface area contributed by atoms with Crippen LogP contribution in [0.3, 0.4) is 0 Å². The number of aliphatic hydroxyl groups is 1. The summed E-state index contributed by atoms with van der Waals surface area (Å²) >= 11 is 9.31. The maximum atomic E-state index is 9.02. The zero-order valence-corrected chi connectivity index (χ0v) is 11.8. The third-order valence-corrected chi connectivity index (χ3v) is 3.97. The van der Waals surface area contributed by atoms with Gasteiger partial charge in [-0.2, -0.15) is 0 Å². The van der Waals surface area contributed by atoms with Crippen LogP contribution in [0, 0.1) is 5.92 Å².